The van der Waals surface area contributed by atoms with Crippen LogP contribution >= 0.6 is 11.6 Å². The molecule has 0 saturated carbocycles. The van der Waals surface area contributed by atoms with Gasteiger partial charge in [0, 0.05) is 18.1 Å². The molecule has 0 aromatic heterocycles. The van der Waals surface area contributed by atoms with Crippen LogP contribution in [0.1, 0.15) is 20.3 Å². The number of halogens is 1. The summed E-state index contributed by atoms with van der Waals surface area (Å²) in [7, 11) is -2.59. The Kier molecular flexibility index (Phi) is 7.19. The van der Waals surface area contributed by atoms with Crippen LogP contribution in [-0.2, 0) is 19.6 Å². The fourth-order valence-electron chi connectivity index (χ4n) is 2.01. The molecule has 1 unspecified atom stereocenters. The van der Waals surface area contributed by atoms with Gasteiger partial charge in [0.25, 0.3) is 0 Å². The third-order valence-electron chi connectivity index (χ3n) is 3.63. The topological polar surface area (TPSA) is 95.0 Å². The van der Waals surface area contributed by atoms with Crippen molar-refractivity contribution in [1.82, 2.24) is 9.21 Å². The van der Waals surface area contributed by atoms with Crippen LogP contribution < -0.4 is 0 Å². The van der Waals surface area contributed by atoms with Crippen LogP contribution in [0.2, 0.25) is 5.02 Å². The molecule has 1 amide bonds. The van der Waals surface area contributed by atoms with E-state index in [4.69, 9.17) is 16.7 Å². The Labute approximate surface area is 146 Å². The normalized spacial score (nSPS) is 12.9. The molecule has 1 aromatic carbocycles. The molecule has 1 atom stereocenters. The van der Waals surface area contributed by atoms with Crippen molar-refractivity contribution >= 4 is 33.5 Å². The number of sulfonamides is 1. The minimum absolute atomic E-state index is 0.00974. The SMILES string of the molecule is CCC(C)N(CC(=O)O)C(=O)CN(C)S(=O)(=O)c1ccc(Cl)cc1. The van der Waals surface area contributed by atoms with Crippen LogP contribution in [0.15, 0.2) is 29.2 Å². The molecule has 7 nitrogen and oxygen atoms in total. The number of rotatable bonds is 8. The maximum atomic E-state index is 12.5. The van der Waals surface area contributed by atoms with Gasteiger partial charge in [-0.15, -0.1) is 0 Å². The molecule has 0 aliphatic rings. The number of amides is 1. The molecule has 0 spiro atoms. The molecule has 0 fully saturated rings. The van der Waals surface area contributed by atoms with E-state index in [-0.39, 0.29) is 10.9 Å². The minimum Gasteiger partial charge on any atom is -0.480 e. The van der Waals surface area contributed by atoms with Gasteiger partial charge in [-0.05, 0) is 37.6 Å². The van der Waals surface area contributed by atoms with Gasteiger partial charge in [-0.3, -0.25) is 9.59 Å². The zero-order chi connectivity index (χ0) is 18.5. The van der Waals surface area contributed by atoms with Gasteiger partial charge in [0.2, 0.25) is 15.9 Å². The summed E-state index contributed by atoms with van der Waals surface area (Å²) in [6.07, 6.45) is 0.562. The van der Waals surface area contributed by atoms with E-state index in [2.05, 4.69) is 0 Å². The fraction of sp³-hybridized carbons (Fsp3) is 0.467. The lowest BCUT2D eigenvalue weighted by Gasteiger charge is -2.28. The first-order valence-electron chi connectivity index (χ1n) is 7.32. The highest BCUT2D eigenvalue weighted by Gasteiger charge is 2.27. The van der Waals surface area contributed by atoms with Crippen molar-refractivity contribution in [3.63, 3.8) is 0 Å². The summed E-state index contributed by atoms with van der Waals surface area (Å²) in [6, 6.07) is 5.28. The summed E-state index contributed by atoms with van der Waals surface area (Å²) in [5.41, 5.74) is 0. The van der Waals surface area contributed by atoms with E-state index < -0.39 is 35.0 Å². The largest absolute Gasteiger partial charge is 0.480 e. The molecule has 1 aromatic rings. The summed E-state index contributed by atoms with van der Waals surface area (Å²) in [6.45, 7) is 2.63. The van der Waals surface area contributed by atoms with E-state index in [0.717, 1.165) is 9.21 Å². The van der Waals surface area contributed by atoms with Crippen LogP contribution in [-0.4, -0.2) is 60.8 Å². The average Bonchev–Trinajstić information content (AvgIpc) is 2.51. The molecule has 134 valence electrons. The molecule has 1 N–H and O–H groups in total. The van der Waals surface area contributed by atoms with Crippen molar-refractivity contribution in [3.05, 3.63) is 29.3 Å². The quantitative estimate of drug-likeness (QED) is 0.744. The van der Waals surface area contributed by atoms with Crippen molar-refractivity contribution in [2.24, 2.45) is 0 Å². The maximum absolute atomic E-state index is 12.5. The van der Waals surface area contributed by atoms with Gasteiger partial charge in [0.05, 0.1) is 11.4 Å². The van der Waals surface area contributed by atoms with Gasteiger partial charge >= 0.3 is 5.97 Å². The van der Waals surface area contributed by atoms with E-state index in [1.807, 2.05) is 6.92 Å². The lowest BCUT2D eigenvalue weighted by atomic mass is 10.2. The van der Waals surface area contributed by atoms with Crippen molar-refractivity contribution in [2.75, 3.05) is 20.1 Å². The molecular formula is C15H21ClN2O5S. The van der Waals surface area contributed by atoms with Crippen LogP contribution in [0.25, 0.3) is 0 Å². The Morgan fingerprint density at radius 1 is 1.21 bits per heavy atom. The first-order valence-corrected chi connectivity index (χ1v) is 9.14. The van der Waals surface area contributed by atoms with Crippen molar-refractivity contribution < 1.29 is 23.1 Å². The highest BCUT2D eigenvalue weighted by molar-refractivity contribution is 7.89. The number of hydrogen-bond donors (Lipinski definition) is 1. The number of benzene rings is 1. The molecular weight excluding hydrogens is 356 g/mol. The number of carbonyl (C=O) groups is 2. The van der Waals surface area contributed by atoms with E-state index in [9.17, 15) is 18.0 Å². The van der Waals surface area contributed by atoms with Gasteiger partial charge in [-0.1, -0.05) is 18.5 Å². The van der Waals surface area contributed by atoms with E-state index >= 15 is 0 Å². The predicted molar refractivity (Wildman–Crippen MR) is 90.4 cm³/mol. The van der Waals surface area contributed by atoms with Crippen LogP contribution in [0.3, 0.4) is 0 Å². The summed E-state index contributed by atoms with van der Waals surface area (Å²) in [5.74, 6) is -1.71. The number of carboxylic acids is 1. The third-order valence-corrected chi connectivity index (χ3v) is 5.70. The number of aliphatic carboxylic acids is 1. The zero-order valence-corrected chi connectivity index (χ0v) is 15.3. The summed E-state index contributed by atoms with van der Waals surface area (Å²) < 4.78 is 25.8. The number of likely N-dealkylation sites (N-methyl/N-ethyl adjacent to an activating group) is 1. The Balaban J connectivity index is 2.94. The molecule has 0 radical (unpaired) electrons. The molecule has 24 heavy (non-hydrogen) atoms. The molecule has 0 heterocycles. The first kappa shape index (κ1) is 20.4. The second kappa shape index (κ2) is 8.46. The van der Waals surface area contributed by atoms with Gasteiger partial charge in [0.15, 0.2) is 0 Å². The van der Waals surface area contributed by atoms with Crippen LogP contribution in [0.5, 0.6) is 0 Å². The first-order chi connectivity index (χ1) is 11.1. The number of carboxylic acid groups (broad SMARTS) is 1. The smallest absolute Gasteiger partial charge is 0.323 e. The zero-order valence-electron chi connectivity index (χ0n) is 13.8. The Hall–Kier alpha value is -1.64. The third kappa shape index (κ3) is 5.19. The highest BCUT2D eigenvalue weighted by Crippen LogP contribution is 2.17. The second-order valence-corrected chi connectivity index (χ2v) is 7.87. The average molecular weight is 377 g/mol. The number of carbonyl (C=O) groups excluding carboxylic acids is 1. The van der Waals surface area contributed by atoms with E-state index in [1.165, 1.54) is 31.3 Å². The van der Waals surface area contributed by atoms with Crippen molar-refractivity contribution in [2.45, 2.75) is 31.2 Å². The van der Waals surface area contributed by atoms with Gasteiger partial charge in [-0.2, -0.15) is 4.31 Å². The molecule has 0 saturated heterocycles. The lowest BCUT2D eigenvalue weighted by molar-refractivity contribution is -0.146. The molecule has 1 rings (SSSR count). The second-order valence-electron chi connectivity index (χ2n) is 5.39. The monoisotopic (exact) mass is 376 g/mol. The van der Waals surface area contributed by atoms with Crippen LogP contribution in [0.4, 0.5) is 0 Å². The van der Waals surface area contributed by atoms with Crippen molar-refractivity contribution in [1.29, 1.82) is 0 Å². The fourth-order valence-corrected chi connectivity index (χ4v) is 3.26. The Morgan fingerprint density at radius 2 is 1.75 bits per heavy atom. The predicted octanol–water partition coefficient (Wildman–Crippen LogP) is 1.67. The molecule has 9 heteroatoms. The summed E-state index contributed by atoms with van der Waals surface area (Å²) in [4.78, 5) is 24.5. The highest BCUT2D eigenvalue weighted by atomic mass is 35.5. The Bertz CT molecular complexity index is 690. The standard InChI is InChI=1S/C15H21ClN2O5S/c1-4-11(2)18(10-15(20)21)14(19)9-17(3)24(22,23)13-7-5-12(16)6-8-13/h5-8,11H,4,9-10H2,1-3H3,(H,20,21). The number of nitrogens with zero attached hydrogens (tertiary/aromatic N) is 2. The van der Waals surface area contributed by atoms with Gasteiger partial charge < -0.3 is 10.0 Å². The number of hydrogen-bond acceptors (Lipinski definition) is 4. The maximum Gasteiger partial charge on any atom is 0.323 e. The minimum atomic E-state index is -3.87. The van der Waals surface area contributed by atoms with E-state index in [0.29, 0.717) is 11.4 Å². The lowest BCUT2D eigenvalue weighted by Crippen LogP contribution is -2.47. The molecule has 0 bridgehead atoms. The summed E-state index contributed by atoms with van der Waals surface area (Å²) in [5, 5.41) is 9.34. The summed E-state index contributed by atoms with van der Waals surface area (Å²) >= 11 is 5.74. The molecule has 0 aliphatic heterocycles. The van der Waals surface area contributed by atoms with Gasteiger partial charge in [-0.25, -0.2) is 8.42 Å². The van der Waals surface area contributed by atoms with E-state index in [1.54, 1.807) is 6.92 Å². The van der Waals surface area contributed by atoms with Crippen LogP contribution in [0, 0.1) is 0 Å². The van der Waals surface area contributed by atoms with Crippen molar-refractivity contribution in [3.8, 4) is 0 Å². The van der Waals surface area contributed by atoms with Gasteiger partial charge in [0.1, 0.15) is 6.54 Å². The molecule has 0 aliphatic carbocycles. The Morgan fingerprint density at radius 3 is 2.21 bits per heavy atom.